The van der Waals surface area contributed by atoms with E-state index < -0.39 is 0 Å². The van der Waals surface area contributed by atoms with Crippen LogP contribution in [0, 0.1) is 34.7 Å². The van der Waals surface area contributed by atoms with Crippen molar-refractivity contribution in [3.05, 3.63) is 72.3 Å². The topological polar surface area (TPSA) is 164 Å². The first-order chi connectivity index (χ1) is 20.9. The van der Waals surface area contributed by atoms with E-state index in [1.807, 2.05) is 24.3 Å². The number of halogens is 1. The number of nitrogens with zero attached hydrogens (tertiary/aromatic N) is 8. The van der Waals surface area contributed by atoms with Gasteiger partial charge in [-0.05, 0) is 37.1 Å². The van der Waals surface area contributed by atoms with Gasteiger partial charge >= 0.3 is 0 Å². The van der Waals surface area contributed by atoms with Gasteiger partial charge in [0.1, 0.15) is 18.0 Å². The van der Waals surface area contributed by atoms with E-state index in [0.717, 1.165) is 16.5 Å². The van der Waals surface area contributed by atoms with Gasteiger partial charge in [-0.15, -0.1) is 0 Å². The van der Waals surface area contributed by atoms with Crippen molar-refractivity contribution in [1.82, 2.24) is 29.7 Å². The number of nitrogens with one attached hydrogen (secondary N) is 2. The molecule has 1 aromatic carbocycles. The van der Waals surface area contributed by atoms with Crippen LogP contribution >= 0.6 is 11.6 Å². The summed E-state index contributed by atoms with van der Waals surface area (Å²) in [6.07, 6.45) is 10.3. The van der Waals surface area contributed by atoms with Gasteiger partial charge in [0, 0.05) is 54.4 Å². The number of hydrogen-bond acceptors (Lipinski definition) is 10. The average molecular weight is 595 g/mol. The van der Waals surface area contributed by atoms with Crippen molar-refractivity contribution < 1.29 is 9.59 Å². The Morgan fingerprint density at radius 1 is 0.837 bits per heavy atom. The number of carbonyl (C=O) groups is 2. The second-order valence-corrected chi connectivity index (χ2v) is 10.5. The van der Waals surface area contributed by atoms with Crippen molar-refractivity contribution in [1.29, 1.82) is 10.5 Å². The molecule has 2 N–H and O–H groups in total. The lowest BCUT2D eigenvalue weighted by atomic mass is 10.1. The highest BCUT2D eigenvalue weighted by atomic mass is 35.5. The van der Waals surface area contributed by atoms with Gasteiger partial charge < -0.3 is 20.4 Å². The Kier molecular flexibility index (Phi) is 9.20. The van der Waals surface area contributed by atoms with Gasteiger partial charge in [-0.3, -0.25) is 14.6 Å². The maximum atomic E-state index is 12.2. The van der Waals surface area contributed by atoms with Crippen LogP contribution < -0.4 is 10.6 Å². The van der Waals surface area contributed by atoms with Crippen molar-refractivity contribution >= 4 is 46.0 Å². The summed E-state index contributed by atoms with van der Waals surface area (Å²) in [6, 6.07) is 14.6. The Bertz CT molecular complexity index is 1720. The Labute approximate surface area is 253 Å². The molecule has 2 amide bonds. The first-order valence-electron chi connectivity index (χ1n) is 13.6. The number of carbonyl (C=O) groups excluding carboxylic acids is 2. The normalized spacial score (nSPS) is 17.4. The molecule has 6 rings (SSSR count). The molecule has 0 radical (unpaired) electrons. The third-order valence-corrected chi connectivity index (χ3v) is 7.42. The number of anilines is 2. The summed E-state index contributed by atoms with van der Waals surface area (Å²) in [6.45, 7) is 2.20. The van der Waals surface area contributed by atoms with Crippen LogP contribution in [0.1, 0.15) is 12.8 Å². The van der Waals surface area contributed by atoms with Gasteiger partial charge in [0.25, 0.3) is 0 Å². The minimum Gasteiger partial charge on any atom is -0.310 e. The summed E-state index contributed by atoms with van der Waals surface area (Å²) in [5.41, 5.74) is 2.33. The molecule has 43 heavy (non-hydrogen) atoms. The molecule has 0 unspecified atom stereocenters. The van der Waals surface area contributed by atoms with Crippen LogP contribution in [0.2, 0.25) is 5.02 Å². The first kappa shape index (κ1) is 29.2. The van der Waals surface area contributed by atoms with Crippen LogP contribution in [0.25, 0.3) is 22.2 Å². The van der Waals surface area contributed by atoms with Crippen molar-refractivity contribution in [2.75, 3.05) is 36.8 Å². The molecule has 2 fully saturated rings. The van der Waals surface area contributed by atoms with Crippen LogP contribution in [0.4, 0.5) is 11.6 Å². The van der Waals surface area contributed by atoms with E-state index in [1.165, 1.54) is 6.33 Å². The molecular weight excluding hydrogens is 568 g/mol. The summed E-state index contributed by atoms with van der Waals surface area (Å²) in [5.74, 6) is 0.401. The van der Waals surface area contributed by atoms with E-state index >= 15 is 0 Å². The number of fused-ring (bicyclic) bond motifs is 1. The van der Waals surface area contributed by atoms with Gasteiger partial charge in [-0.2, -0.15) is 10.5 Å². The highest BCUT2D eigenvalue weighted by Crippen LogP contribution is 2.23. The monoisotopic (exact) mass is 594 g/mol. The van der Waals surface area contributed by atoms with Crippen LogP contribution in [0.3, 0.4) is 0 Å². The van der Waals surface area contributed by atoms with E-state index in [2.05, 4.69) is 43.0 Å². The number of hydrogen-bond donors (Lipinski definition) is 2. The maximum Gasteiger partial charge on any atom is 0.230 e. The molecule has 2 aliphatic rings. The van der Waals surface area contributed by atoms with Gasteiger partial charge in [0.05, 0.1) is 29.2 Å². The third kappa shape index (κ3) is 7.50. The molecule has 13 heteroatoms. The van der Waals surface area contributed by atoms with Crippen LogP contribution in [-0.2, 0) is 9.59 Å². The number of nitriles is 2. The summed E-state index contributed by atoms with van der Waals surface area (Å²) in [7, 11) is 0. The second-order valence-electron chi connectivity index (χ2n) is 10.1. The van der Waals surface area contributed by atoms with Crippen LogP contribution in [0.5, 0.6) is 0 Å². The molecule has 3 aromatic heterocycles. The molecule has 0 spiro atoms. The van der Waals surface area contributed by atoms with Gasteiger partial charge in [-0.1, -0.05) is 29.8 Å². The van der Waals surface area contributed by atoms with Gasteiger partial charge in [0.15, 0.2) is 12.4 Å². The van der Waals surface area contributed by atoms with E-state index in [4.69, 9.17) is 22.1 Å². The van der Waals surface area contributed by atoms with E-state index in [-0.39, 0.29) is 23.7 Å². The van der Waals surface area contributed by atoms with Crippen LogP contribution in [0.15, 0.2) is 67.3 Å². The number of aromatic nitrogens is 4. The third-order valence-electron chi connectivity index (χ3n) is 7.18. The second kappa shape index (κ2) is 13.6. The quantitative estimate of drug-likeness (QED) is 0.324. The molecule has 12 nitrogen and oxygen atoms in total. The Morgan fingerprint density at radius 2 is 1.51 bits per heavy atom. The lowest BCUT2D eigenvalue weighted by Crippen LogP contribution is -2.25. The molecule has 0 bridgehead atoms. The molecule has 5 heterocycles. The average Bonchev–Trinajstić information content (AvgIpc) is 3.72. The fraction of sp³-hybridized carbons (Fsp3) is 0.267. The van der Waals surface area contributed by atoms with Crippen molar-refractivity contribution in [3.8, 4) is 23.6 Å². The van der Waals surface area contributed by atoms with Crippen molar-refractivity contribution in [3.63, 3.8) is 0 Å². The molecule has 4 aromatic rings. The highest BCUT2D eigenvalue weighted by molar-refractivity contribution is 6.30. The summed E-state index contributed by atoms with van der Waals surface area (Å²) in [5, 5.41) is 24.8. The largest absolute Gasteiger partial charge is 0.310 e. The van der Waals surface area contributed by atoms with Gasteiger partial charge in [0.2, 0.25) is 11.8 Å². The number of benzene rings is 1. The minimum absolute atomic E-state index is 0.0847. The maximum absolute atomic E-state index is 12.2. The summed E-state index contributed by atoms with van der Waals surface area (Å²) < 4.78 is 0. The number of amides is 2. The van der Waals surface area contributed by atoms with E-state index in [0.29, 0.717) is 61.4 Å². The number of likely N-dealkylation sites (tertiary alicyclic amines) is 2. The Hall–Kier alpha value is -5.33. The molecular formula is C30H27ClN10O2. The standard InChI is InChI=1S/C16H14ClN5O.C14H13N5O/c17-13-3-1-2-11(6-13)14-7-15(20-10-19-14)21-16(23)12-4-5-22(8-12)9-18;15-9-19-5-3-11(8-19)14(20)18-13-6-10-2-1-4-16-12(10)7-17-13/h1-3,6-7,10,12H,4-5,8H2,(H,19,20,21,23);1-2,4,6-7,11H,3,5,8H2,(H,17,18,20)/t12-;11-/m00/s1. The molecule has 2 aliphatic heterocycles. The Balaban J connectivity index is 0.000000173. The zero-order valence-corrected chi connectivity index (χ0v) is 23.8. The highest BCUT2D eigenvalue weighted by Gasteiger charge is 2.29. The fourth-order valence-electron chi connectivity index (χ4n) is 4.86. The summed E-state index contributed by atoms with van der Waals surface area (Å²) in [4.78, 5) is 44.2. The van der Waals surface area contributed by atoms with Crippen molar-refractivity contribution in [2.45, 2.75) is 12.8 Å². The predicted molar refractivity (Wildman–Crippen MR) is 160 cm³/mol. The molecule has 0 aliphatic carbocycles. The SMILES string of the molecule is N#CN1CC[C@H](C(=O)Nc2cc(-c3cccc(Cl)c3)ncn2)C1.N#CN1CC[C@H](C(=O)Nc2cc3cccnc3cn2)C1. The van der Waals surface area contributed by atoms with Gasteiger partial charge in [-0.25, -0.2) is 15.0 Å². The smallest absolute Gasteiger partial charge is 0.230 e. The minimum atomic E-state index is -0.195. The molecule has 2 saturated heterocycles. The lowest BCUT2D eigenvalue weighted by Gasteiger charge is -2.10. The first-order valence-corrected chi connectivity index (χ1v) is 14.0. The predicted octanol–water partition coefficient (Wildman–Crippen LogP) is 3.91. The van der Waals surface area contributed by atoms with Crippen molar-refractivity contribution in [2.24, 2.45) is 11.8 Å². The lowest BCUT2D eigenvalue weighted by molar-refractivity contribution is -0.120. The Morgan fingerprint density at radius 3 is 2.14 bits per heavy atom. The van der Waals surface area contributed by atoms with E-state index in [1.54, 1.807) is 46.5 Å². The number of pyridine rings is 2. The molecule has 216 valence electrons. The fourth-order valence-corrected chi connectivity index (χ4v) is 5.05. The van der Waals surface area contributed by atoms with Crippen LogP contribution in [-0.4, -0.2) is 67.7 Å². The molecule has 2 atom stereocenters. The number of rotatable bonds is 5. The zero-order valence-electron chi connectivity index (χ0n) is 23.0. The molecule has 0 saturated carbocycles. The summed E-state index contributed by atoms with van der Waals surface area (Å²) >= 11 is 5.99. The zero-order chi connectivity index (χ0) is 30.2. The van der Waals surface area contributed by atoms with E-state index in [9.17, 15) is 9.59 Å².